The molecule has 10 heteroatoms. The zero-order valence-electron chi connectivity index (χ0n) is 13.2. The standard InChI is InChI=1S/C14H17FN4O3S2/c1-3-4-13-17-18-14(23-13)16-12(20)9-19(2)24(21,22)11-7-5-10(15)6-8-11/h5-8H,3-4,9H2,1-2H3,(H,16,18,20). The molecular weight excluding hydrogens is 355 g/mol. The summed E-state index contributed by atoms with van der Waals surface area (Å²) in [7, 11) is -2.59. The minimum absolute atomic E-state index is 0.0830. The van der Waals surface area contributed by atoms with Gasteiger partial charge in [0.15, 0.2) is 0 Å². The van der Waals surface area contributed by atoms with Crippen molar-refractivity contribution < 1.29 is 17.6 Å². The first-order valence-electron chi connectivity index (χ1n) is 7.17. The number of anilines is 1. The average Bonchev–Trinajstić information content (AvgIpc) is 2.95. The maximum Gasteiger partial charge on any atom is 0.243 e. The van der Waals surface area contributed by atoms with E-state index in [1.54, 1.807) is 0 Å². The van der Waals surface area contributed by atoms with Crippen molar-refractivity contribution in [2.75, 3.05) is 18.9 Å². The number of nitrogens with one attached hydrogen (secondary N) is 1. The van der Waals surface area contributed by atoms with Gasteiger partial charge >= 0.3 is 0 Å². The second-order valence-electron chi connectivity index (χ2n) is 5.01. The van der Waals surface area contributed by atoms with Crippen molar-refractivity contribution in [2.45, 2.75) is 24.7 Å². The first kappa shape index (κ1) is 18.4. The van der Waals surface area contributed by atoms with Gasteiger partial charge in [-0.1, -0.05) is 18.3 Å². The maximum atomic E-state index is 12.9. The van der Waals surface area contributed by atoms with Crippen LogP contribution in [0.25, 0.3) is 0 Å². The quantitative estimate of drug-likeness (QED) is 0.801. The van der Waals surface area contributed by atoms with E-state index < -0.39 is 21.7 Å². The Morgan fingerprint density at radius 1 is 1.29 bits per heavy atom. The van der Waals surface area contributed by atoms with Crippen molar-refractivity contribution in [1.29, 1.82) is 0 Å². The Morgan fingerprint density at radius 2 is 1.96 bits per heavy atom. The van der Waals surface area contributed by atoms with Crippen LogP contribution >= 0.6 is 11.3 Å². The third-order valence-electron chi connectivity index (χ3n) is 3.07. The van der Waals surface area contributed by atoms with Crippen LogP contribution in [0.4, 0.5) is 9.52 Å². The fourth-order valence-electron chi connectivity index (χ4n) is 1.85. The lowest BCUT2D eigenvalue weighted by Gasteiger charge is -2.16. The van der Waals surface area contributed by atoms with Gasteiger partial charge in [0.25, 0.3) is 0 Å². The minimum atomic E-state index is -3.87. The van der Waals surface area contributed by atoms with E-state index in [0.717, 1.165) is 46.4 Å². The molecular formula is C14H17FN4O3S2. The van der Waals surface area contributed by atoms with Crippen LogP contribution in [0, 0.1) is 5.82 Å². The number of amides is 1. The van der Waals surface area contributed by atoms with Gasteiger partial charge in [-0.2, -0.15) is 4.31 Å². The molecule has 1 heterocycles. The molecule has 1 N–H and O–H groups in total. The van der Waals surface area contributed by atoms with Gasteiger partial charge in [0, 0.05) is 13.5 Å². The molecule has 0 bridgehead atoms. The Bertz CT molecular complexity index is 806. The van der Waals surface area contributed by atoms with E-state index in [0.29, 0.717) is 5.13 Å². The SMILES string of the molecule is CCCc1nnc(NC(=O)CN(C)S(=O)(=O)c2ccc(F)cc2)s1. The van der Waals surface area contributed by atoms with Crippen molar-refractivity contribution in [2.24, 2.45) is 0 Å². The fraction of sp³-hybridized carbons (Fsp3) is 0.357. The lowest BCUT2D eigenvalue weighted by Crippen LogP contribution is -2.34. The van der Waals surface area contributed by atoms with Crippen LogP contribution in [0.5, 0.6) is 0 Å². The highest BCUT2D eigenvalue weighted by atomic mass is 32.2. The van der Waals surface area contributed by atoms with Crippen molar-refractivity contribution >= 4 is 32.4 Å². The van der Waals surface area contributed by atoms with Crippen molar-refractivity contribution in [3.63, 3.8) is 0 Å². The minimum Gasteiger partial charge on any atom is -0.299 e. The summed E-state index contributed by atoms with van der Waals surface area (Å²) in [6.07, 6.45) is 1.69. The van der Waals surface area contributed by atoms with Gasteiger partial charge < -0.3 is 0 Å². The number of aryl methyl sites for hydroxylation is 1. The Kier molecular flexibility index (Phi) is 5.97. The number of carbonyl (C=O) groups is 1. The van der Waals surface area contributed by atoms with E-state index in [1.165, 1.54) is 18.4 Å². The molecule has 0 saturated carbocycles. The molecule has 1 aromatic heterocycles. The summed E-state index contributed by atoms with van der Waals surface area (Å²) in [5, 5.41) is 11.4. The zero-order chi connectivity index (χ0) is 17.7. The molecule has 7 nitrogen and oxygen atoms in total. The number of hydrogen-bond donors (Lipinski definition) is 1. The predicted molar refractivity (Wildman–Crippen MR) is 88.7 cm³/mol. The molecule has 130 valence electrons. The van der Waals surface area contributed by atoms with E-state index >= 15 is 0 Å². The summed E-state index contributed by atoms with van der Waals surface area (Å²) in [5.41, 5.74) is 0. The fourth-order valence-corrected chi connectivity index (χ4v) is 3.84. The first-order valence-corrected chi connectivity index (χ1v) is 9.42. The van der Waals surface area contributed by atoms with Crippen molar-refractivity contribution in [3.8, 4) is 0 Å². The first-order chi connectivity index (χ1) is 11.3. The van der Waals surface area contributed by atoms with Gasteiger partial charge in [0.2, 0.25) is 21.1 Å². The molecule has 1 amide bonds. The highest BCUT2D eigenvalue weighted by Crippen LogP contribution is 2.17. The number of halogens is 1. The summed E-state index contributed by atoms with van der Waals surface area (Å²) in [4.78, 5) is 11.9. The number of nitrogens with zero attached hydrogens (tertiary/aromatic N) is 3. The molecule has 24 heavy (non-hydrogen) atoms. The Hall–Kier alpha value is -1.91. The molecule has 0 unspecified atom stereocenters. The van der Waals surface area contributed by atoms with Gasteiger partial charge in [0.05, 0.1) is 11.4 Å². The number of aromatic nitrogens is 2. The Balaban J connectivity index is 2.00. The summed E-state index contributed by atoms with van der Waals surface area (Å²) in [6, 6.07) is 4.41. The second-order valence-corrected chi connectivity index (χ2v) is 8.12. The lowest BCUT2D eigenvalue weighted by atomic mass is 10.4. The Morgan fingerprint density at radius 3 is 2.58 bits per heavy atom. The molecule has 0 aliphatic rings. The number of benzene rings is 1. The van der Waals surface area contributed by atoms with Crippen molar-refractivity contribution in [1.82, 2.24) is 14.5 Å². The van der Waals surface area contributed by atoms with Crippen LogP contribution in [-0.2, 0) is 21.2 Å². The van der Waals surface area contributed by atoms with Gasteiger partial charge in [-0.05, 0) is 30.7 Å². The van der Waals surface area contributed by atoms with Gasteiger partial charge in [0.1, 0.15) is 10.8 Å². The van der Waals surface area contributed by atoms with E-state index in [9.17, 15) is 17.6 Å². The third kappa shape index (κ3) is 4.56. The number of carbonyl (C=O) groups excluding carboxylic acids is 1. The summed E-state index contributed by atoms with van der Waals surface area (Å²) >= 11 is 1.25. The highest BCUT2D eigenvalue weighted by Gasteiger charge is 2.23. The maximum absolute atomic E-state index is 12.9. The van der Waals surface area contributed by atoms with Crippen LogP contribution in [0.3, 0.4) is 0 Å². The molecule has 0 radical (unpaired) electrons. The van der Waals surface area contributed by atoms with E-state index in [-0.39, 0.29) is 11.4 Å². The summed E-state index contributed by atoms with van der Waals surface area (Å²) in [5.74, 6) is -1.06. The smallest absolute Gasteiger partial charge is 0.243 e. The molecule has 0 fully saturated rings. The molecule has 0 atom stereocenters. The molecule has 0 saturated heterocycles. The van der Waals surface area contributed by atoms with Crippen molar-refractivity contribution in [3.05, 3.63) is 35.1 Å². The largest absolute Gasteiger partial charge is 0.299 e. The van der Waals surface area contributed by atoms with E-state index in [1.807, 2.05) is 6.92 Å². The van der Waals surface area contributed by atoms with Gasteiger partial charge in [-0.25, -0.2) is 12.8 Å². The number of sulfonamides is 1. The van der Waals surface area contributed by atoms with Gasteiger partial charge in [-0.15, -0.1) is 10.2 Å². The average molecular weight is 372 g/mol. The number of rotatable bonds is 7. The molecule has 0 spiro atoms. The van der Waals surface area contributed by atoms with Crippen LogP contribution in [0.2, 0.25) is 0 Å². The van der Waals surface area contributed by atoms with E-state index in [4.69, 9.17) is 0 Å². The molecule has 0 aliphatic carbocycles. The molecule has 1 aromatic carbocycles. The normalized spacial score (nSPS) is 11.7. The summed E-state index contributed by atoms with van der Waals surface area (Å²) < 4.78 is 38.4. The molecule has 0 aliphatic heterocycles. The monoisotopic (exact) mass is 372 g/mol. The summed E-state index contributed by atoms with van der Waals surface area (Å²) in [6.45, 7) is 1.62. The molecule has 2 aromatic rings. The highest BCUT2D eigenvalue weighted by molar-refractivity contribution is 7.89. The molecule has 2 rings (SSSR count). The predicted octanol–water partition coefficient (Wildman–Crippen LogP) is 1.89. The lowest BCUT2D eigenvalue weighted by molar-refractivity contribution is -0.116. The van der Waals surface area contributed by atoms with Crippen LogP contribution in [-0.4, -0.2) is 42.4 Å². The van der Waals surface area contributed by atoms with Crippen LogP contribution in [0.1, 0.15) is 18.4 Å². The van der Waals surface area contributed by atoms with Crippen LogP contribution < -0.4 is 5.32 Å². The number of likely N-dealkylation sites (N-methyl/N-ethyl adjacent to an activating group) is 1. The zero-order valence-corrected chi connectivity index (χ0v) is 14.8. The number of hydrogen-bond acceptors (Lipinski definition) is 6. The third-order valence-corrected chi connectivity index (χ3v) is 5.78. The van der Waals surface area contributed by atoms with E-state index in [2.05, 4.69) is 15.5 Å². The second kappa shape index (κ2) is 7.77. The van der Waals surface area contributed by atoms with Gasteiger partial charge in [-0.3, -0.25) is 10.1 Å². The Labute approximate surface area is 143 Å². The topological polar surface area (TPSA) is 92.3 Å². The van der Waals surface area contributed by atoms with Crippen LogP contribution in [0.15, 0.2) is 29.2 Å².